The molecule has 0 bridgehead atoms. The van der Waals surface area contributed by atoms with Gasteiger partial charge in [0.15, 0.2) is 0 Å². The van der Waals surface area contributed by atoms with Gasteiger partial charge in [0, 0.05) is 25.7 Å². The van der Waals surface area contributed by atoms with Crippen LogP contribution in [0.25, 0.3) is 0 Å². The van der Waals surface area contributed by atoms with E-state index in [-0.39, 0.29) is 0 Å². The molecule has 2 rings (SSSR count). The summed E-state index contributed by atoms with van der Waals surface area (Å²) in [5.74, 6) is 1.84. The van der Waals surface area contributed by atoms with E-state index in [0.717, 1.165) is 13.0 Å². The summed E-state index contributed by atoms with van der Waals surface area (Å²) in [7, 11) is 0. The average Bonchev–Trinajstić information content (AvgIpc) is 3.28. The molecule has 0 unspecified atom stereocenters. The molecule has 1 aromatic heterocycles. The minimum absolute atomic E-state index is 0.457. The first-order valence-electron chi connectivity index (χ1n) is 12.2. The molecule has 178 valence electrons. The quantitative estimate of drug-likeness (QED) is 0.241. The monoisotopic (exact) mass is 437 g/mol. The van der Waals surface area contributed by atoms with Gasteiger partial charge >= 0.3 is 0 Å². The van der Waals surface area contributed by atoms with Gasteiger partial charge in [-0.1, -0.05) is 51.9 Å². The van der Waals surface area contributed by atoms with Crippen molar-refractivity contribution in [2.45, 2.75) is 77.2 Å². The third-order valence-electron chi connectivity index (χ3n) is 5.30. The van der Waals surface area contributed by atoms with Crippen LogP contribution in [0.3, 0.4) is 0 Å². The maximum Gasteiger partial charge on any atom is 0.229 e. The summed E-state index contributed by atoms with van der Waals surface area (Å²) in [6.45, 7) is 6.53. The van der Waals surface area contributed by atoms with E-state index in [1.165, 1.54) is 57.8 Å². The Labute approximate surface area is 187 Å². The minimum atomic E-state index is 0.457. The molecule has 0 saturated heterocycles. The second kappa shape index (κ2) is 16.9. The van der Waals surface area contributed by atoms with Crippen LogP contribution in [0.1, 0.15) is 71.1 Å². The fraction of sp³-hybridized carbons (Fsp3) is 0.864. The van der Waals surface area contributed by atoms with Gasteiger partial charge in [-0.05, 0) is 19.3 Å². The summed E-state index contributed by atoms with van der Waals surface area (Å²) >= 11 is 0. The third kappa shape index (κ3) is 12.0. The second-order valence-electron chi connectivity index (χ2n) is 8.07. The van der Waals surface area contributed by atoms with Gasteiger partial charge < -0.3 is 31.2 Å². The van der Waals surface area contributed by atoms with Crippen molar-refractivity contribution in [3.8, 4) is 0 Å². The Bertz CT molecular complexity index is 571. The number of nitrogens with zero attached hydrogens (tertiary/aromatic N) is 3. The van der Waals surface area contributed by atoms with E-state index in [0.29, 0.717) is 63.4 Å². The number of rotatable bonds is 19. The summed E-state index contributed by atoms with van der Waals surface area (Å²) in [5, 5.41) is 10.1. The van der Waals surface area contributed by atoms with E-state index in [1.54, 1.807) is 0 Å². The van der Waals surface area contributed by atoms with Gasteiger partial charge in [0.05, 0.1) is 26.4 Å². The molecule has 0 atom stereocenters. The van der Waals surface area contributed by atoms with E-state index in [2.05, 4.69) is 37.8 Å². The minimum Gasteiger partial charge on any atom is -0.378 e. The normalized spacial score (nSPS) is 14.1. The lowest BCUT2D eigenvalue weighted by Crippen LogP contribution is -2.20. The van der Waals surface area contributed by atoms with Crippen molar-refractivity contribution in [3.63, 3.8) is 0 Å². The molecule has 1 heterocycles. The number of nitrogens with one attached hydrogen (secondary N) is 3. The summed E-state index contributed by atoms with van der Waals surface area (Å²) in [5.41, 5.74) is 5.39. The Hall–Kier alpha value is -1.71. The molecule has 9 heteroatoms. The smallest absolute Gasteiger partial charge is 0.229 e. The van der Waals surface area contributed by atoms with Crippen LogP contribution in [0.5, 0.6) is 0 Å². The Morgan fingerprint density at radius 3 is 2.10 bits per heavy atom. The van der Waals surface area contributed by atoms with Crippen LogP contribution in [0, 0.1) is 0 Å². The standard InChI is InChI=1S/C22H43N7O2/c1-2-3-4-5-6-9-13-24-20-27-21(25-14-16-31-18-17-30-15-12-23)29-22(28-20)26-19-10-7-8-11-19/h19H,2-18,23H2,1H3,(H3,24,25,26,27,28,29). The molecule has 1 aliphatic carbocycles. The van der Waals surface area contributed by atoms with E-state index in [9.17, 15) is 0 Å². The zero-order valence-corrected chi connectivity index (χ0v) is 19.3. The molecule has 5 N–H and O–H groups in total. The highest BCUT2D eigenvalue weighted by molar-refractivity contribution is 5.42. The molecule has 0 spiro atoms. The van der Waals surface area contributed by atoms with Crippen molar-refractivity contribution >= 4 is 17.8 Å². The van der Waals surface area contributed by atoms with Crippen LogP contribution < -0.4 is 21.7 Å². The second-order valence-corrected chi connectivity index (χ2v) is 8.07. The van der Waals surface area contributed by atoms with E-state index in [4.69, 9.17) is 15.2 Å². The van der Waals surface area contributed by atoms with Gasteiger partial charge in [-0.2, -0.15) is 15.0 Å². The first-order chi connectivity index (χ1) is 15.3. The zero-order chi connectivity index (χ0) is 22.0. The number of anilines is 3. The number of ether oxygens (including phenoxy) is 2. The molecule has 31 heavy (non-hydrogen) atoms. The van der Waals surface area contributed by atoms with Crippen LogP contribution in [0.2, 0.25) is 0 Å². The van der Waals surface area contributed by atoms with Crippen LogP contribution >= 0.6 is 0 Å². The molecule has 0 amide bonds. The van der Waals surface area contributed by atoms with Crippen LogP contribution in [0.4, 0.5) is 17.8 Å². The Morgan fingerprint density at radius 2 is 1.39 bits per heavy atom. The van der Waals surface area contributed by atoms with Crippen LogP contribution in [-0.2, 0) is 9.47 Å². The highest BCUT2D eigenvalue weighted by Crippen LogP contribution is 2.21. The third-order valence-corrected chi connectivity index (χ3v) is 5.30. The molecule has 1 saturated carbocycles. The molecule has 9 nitrogen and oxygen atoms in total. The molecular formula is C22H43N7O2. The summed E-state index contributed by atoms with van der Waals surface area (Å²) in [4.78, 5) is 13.7. The van der Waals surface area contributed by atoms with Crippen LogP contribution in [-0.4, -0.2) is 67.1 Å². The Morgan fingerprint density at radius 1 is 0.774 bits per heavy atom. The molecule has 1 fully saturated rings. The predicted octanol–water partition coefficient (Wildman–Crippen LogP) is 3.40. The number of hydrogen-bond acceptors (Lipinski definition) is 9. The van der Waals surface area contributed by atoms with Crippen molar-refractivity contribution < 1.29 is 9.47 Å². The lowest BCUT2D eigenvalue weighted by atomic mass is 10.1. The highest BCUT2D eigenvalue weighted by Gasteiger charge is 2.16. The molecule has 0 radical (unpaired) electrons. The van der Waals surface area contributed by atoms with Crippen molar-refractivity contribution in [1.29, 1.82) is 0 Å². The van der Waals surface area contributed by atoms with Crippen molar-refractivity contribution in [3.05, 3.63) is 0 Å². The molecule has 0 aliphatic heterocycles. The van der Waals surface area contributed by atoms with E-state index in [1.807, 2.05) is 0 Å². The maximum atomic E-state index is 5.56. The van der Waals surface area contributed by atoms with Gasteiger partial charge in [0.2, 0.25) is 17.8 Å². The van der Waals surface area contributed by atoms with Gasteiger partial charge in [0.25, 0.3) is 0 Å². The summed E-state index contributed by atoms with van der Waals surface area (Å²) in [6, 6.07) is 0.457. The SMILES string of the molecule is CCCCCCCCNc1nc(NCCOCCOCCN)nc(NC2CCCC2)n1. The first kappa shape index (κ1) is 25.5. The van der Waals surface area contributed by atoms with Gasteiger partial charge in [-0.3, -0.25) is 0 Å². The summed E-state index contributed by atoms with van der Waals surface area (Å²) in [6.07, 6.45) is 12.5. The van der Waals surface area contributed by atoms with Gasteiger partial charge in [0.1, 0.15) is 0 Å². The Kier molecular flexibility index (Phi) is 13.9. The van der Waals surface area contributed by atoms with Crippen molar-refractivity contribution in [2.24, 2.45) is 5.73 Å². The Balaban J connectivity index is 1.76. The van der Waals surface area contributed by atoms with E-state index < -0.39 is 0 Å². The first-order valence-corrected chi connectivity index (χ1v) is 12.2. The molecule has 1 aromatic rings. The van der Waals surface area contributed by atoms with E-state index >= 15 is 0 Å². The number of unbranched alkanes of at least 4 members (excludes halogenated alkanes) is 5. The molecule has 0 aromatic carbocycles. The molecule has 1 aliphatic rings. The fourth-order valence-electron chi connectivity index (χ4n) is 3.60. The van der Waals surface area contributed by atoms with Gasteiger partial charge in [-0.25, -0.2) is 0 Å². The number of nitrogens with two attached hydrogens (primary N) is 1. The van der Waals surface area contributed by atoms with Crippen LogP contribution in [0.15, 0.2) is 0 Å². The van der Waals surface area contributed by atoms with Crippen molar-refractivity contribution in [2.75, 3.05) is 62.0 Å². The number of hydrogen-bond donors (Lipinski definition) is 4. The maximum absolute atomic E-state index is 5.56. The molecular weight excluding hydrogens is 394 g/mol. The zero-order valence-electron chi connectivity index (χ0n) is 19.3. The highest BCUT2D eigenvalue weighted by atomic mass is 16.5. The largest absolute Gasteiger partial charge is 0.378 e. The topological polar surface area (TPSA) is 119 Å². The van der Waals surface area contributed by atoms with Gasteiger partial charge in [-0.15, -0.1) is 0 Å². The predicted molar refractivity (Wildman–Crippen MR) is 127 cm³/mol. The lowest BCUT2D eigenvalue weighted by Gasteiger charge is -2.14. The lowest BCUT2D eigenvalue weighted by molar-refractivity contribution is 0.0547. The van der Waals surface area contributed by atoms with Crippen molar-refractivity contribution in [1.82, 2.24) is 15.0 Å². The number of aromatic nitrogens is 3. The fourth-order valence-corrected chi connectivity index (χ4v) is 3.60. The average molecular weight is 438 g/mol. The summed E-state index contributed by atoms with van der Waals surface area (Å²) < 4.78 is 10.9.